The van der Waals surface area contributed by atoms with Gasteiger partial charge in [0.2, 0.25) is 0 Å². The van der Waals surface area contributed by atoms with Crippen molar-refractivity contribution in [1.82, 2.24) is 0 Å². The van der Waals surface area contributed by atoms with Gasteiger partial charge in [-0.25, -0.2) is 4.39 Å². The number of rotatable bonds is 1. The zero-order valence-corrected chi connectivity index (χ0v) is 10.3. The molecule has 0 amide bonds. The van der Waals surface area contributed by atoms with Gasteiger partial charge in [0.15, 0.2) is 0 Å². The number of alkyl halides is 1. The monoisotopic (exact) mass is 236 g/mol. The predicted molar refractivity (Wildman–Crippen MR) is 63.0 cm³/mol. The summed E-state index contributed by atoms with van der Waals surface area (Å²) in [7, 11) is 0. The third-order valence-corrected chi connectivity index (χ3v) is 4.19. The molecule has 2 aliphatic heterocycles. The molecule has 0 aromatic heterocycles. The quantitative estimate of drug-likeness (QED) is 0.812. The van der Waals surface area contributed by atoms with E-state index in [0.29, 0.717) is 0 Å². The first kappa shape index (κ1) is 11.0. The van der Waals surface area contributed by atoms with E-state index in [-0.39, 0.29) is 17.9 Å². The van der Waals surface area contributed by atoms with Crippen molar-refractivity contribution in [2.45, 2.75) is 45.1 Å². The van der Waals surface area contributed by atoms with Gasteiger partial charge >= 0.3 is 0 Å². The summed E-state index contributed by atoms with van der Waals surface area (Å²) in [6, 6.07) is 3.79. The van der Waals surface area contributed by atoms with Crippen LogP contribution in [0.1, 0.15) is 42.6 Å². The highest BCUT2D eigenvalue weighted by Crippen LogP contribution is 2.55. The maximum absolute atomic E-state index is 13.8. The Hall–Kier alpha value is -1.09. The largest absolute Gasteiger partial charge is 0.487 e. The second-order valence-corrected chi connectivity index (χ2v) is 5.34. The second-order valence-electron chi connectivity index (χ2n) is 5.34. The van der Waals surface area contributed by atoms with Crippen molar-refractivity contribution in [3.63, 3.8) is 0 Å². The molecule has 1 N–H and O–H groups in total. The van der Waals surface area contributed by atoms with Crippen LogP contribution in [0.15, 0.2) is 12.1 Å². The Morgan fingerprint density at radius 1 is 1.41 bits per heavy atom. The van der Waals surface area contributed by atoms with E-state index in [4.69, 9.17) is 4.74 Å². The van der Waals surface area contributed by atoms with Crippen LogP contribution in [0.5, 0.6) is 5.75 Å². The maximum atomic E-state index is 13.8. The first-order valence-electron chi connectivity index (χ1n) is 6.14. The summed E-state index contributed by atoms with van der Waals surface area (Å²) in [5.41, 5.74) is 2.86. The van der Waals surface area contributed by atoms with Crippen molar-refractivity contribution in [3.05, 3.63) is 28.8 Å². The van der Waals surface area contributed by atoms with E-state index in [1.807, 2.05) is 26.0 Å². The van der Waals surface area contributed by atoms with Crippen molar-refractivity contribution in [2.24, 2.45) is 5.92 Å². The molecule has 0 saturated heterocycles. The lowest BCUT2D eigenvalue weighted by molar-refractivity contribution is -0.0779. The highest BCUT2D eigenvalue weighted by molar-refractivity contribution is 5.51. The van der Waals surface area contributed by atoms with Gasteiger partial charge in [0, 0.05) is 17.4 Å². The van der Waals surface area contributed by atoms with E-state index in [1.54, 1.807) is 6.92 Å². The molecule has 2 nitrogen and oxygen atoms in total. The molecule has 2 heterocycles. The SMILES string of the molecule is Cc1cc(C(C)O)cc2c1C1C(C)C(O2)C1F. The molecule has 17 heavy (non-hydrogen) atoms. The van der Waals surface area contributed by atoms with Crippen LogP contribution in [0, 0.1) is 12.8 Å². The molecule has 1 aliphatic carbocycles. The Bertz CT molecular complexity index is 460. The summed E-state index contributed by atoms with van der Waals surface area (Å²) in [5, 5.41) is 9.60. The minimum Gasteiger partial charge on any atom is -0.487 e. The van der Waals surface area contributed by atoms with E-state index in [0.717, 1.165) is 22.4 Å². The molecule has 92 valence electrons. The van der Waals surface area contributed by atoms with E-state index in [2.05, 4.69) is 0 Å². The fraction of sp³-hybridized carbons (Fsp3) is 0.571. The molecule has 5 atom stereocenters. The zero-order chi connectivity index (χ0) is 12.3. The lowest BCUT2D eigenvalue weighted by Gasteiger charge is -2.51. The Labute approximate surface area is 100 Å². The van der Waals surface area contributed by atoms with E-state index in [9.17, 15) is 9.50 Å². The predicted octanol–water partition coefficient (Wildman–Crippen LogP) is 2.88. The summed E-state index contributed by atoms with van der Waals surface area (Å²) in [4.78, 5) is 0. The number of halogens is 1. The number of aliphatic hydroxyl groups excluding tert-OH is 1. The van der Waals surface area contributed by atoms with Crippen molar-refractivity contribution in [3.8, 4) is 5.75 Å². The first-order chi connectivity index (χ1) is 8.00. The molecule has 2 bridgehead atoms. The van der Waals surface area contributed by atoms with Gasteiger partial charge in [-0.2, -0.15) is 0 Å². The number of hydrogen-bond donors (Lipinski definition) is 1. The number of ether oxygens (including phenoxy) is 1. The van der Waals surface area contributed by atoms with Crippen LogP contribution >= 0.6 is 0 Å². The molecule has 3 aliphatic rings. The minimum atomic E-state index is -0.867. The summed E-state index contributed by atoms with van der Waals surface area (Å²) < 4.78 is 19.5. The molecule has 1 fully saturated rings. The van der Waals surface area contributed by atoms with Gasteiger partial charge in [0.1, 0.15) is 18.0 Å². The van der Waals surface area contributed by atoms with Crippen molar-refractivity contribution in [2.75, 3.05) is 0 Å². The lowest BCUT2D eigenvalue weighted by Crippen LogP contribution is -2.56. The van der Waals surface area contributed by atoms with Gasteiger partial charge in [-0.3, -0.25) is 0 Å². The van der Waals surface area contributed by atoms with Gasteiger partial charge in [0.25, 0.3) is 0 Å². The Balaban J connectivity index is 2.11. The summed E-state index contributed by atoms with van der Waals surface area (Å²) >= 11 is 0. The average Bonchev–Trinajstić information content (AvgIpc) is 2.29. The topological polar surface area (TPSA) is 29.5 Å². The van der Waals surface area contributed by atoms with E-state index < -0.39 is 12.3 Å². The molecular weight excluding hydrogens is 219 g/mol. The smallest absolute Gasteiger partial charge is 0.144 e. The highest BCUT2D eigenvalue weighted by Gasteiger charge is 2.56. The Morgan fingerprint density at radius 3 is 2.71 bits per heavy atom. The van der Waals surface area contributed by atoms with Crippen LogP contribution in [-0.2, 0) is 0 Å². The van der Waals surface area contributed by atoms with Crippen LogP contribution in [0.4, 0.5) is 4.39 Å². The van der Waals surface area contributed by atoms with Crippen LogP contribution in [0.2, 0.25) is 0 Å². The fourth-order valence-corrected chi connectivity index (χ4v) is 3.14. The number of hydrogen-bond acceptors (Lipinski definition) is 2. The van der Waals surface area contributed by atoms with Gasteiger partial charge in [-0.1, -0.05) is 13.0 Å². The second kappa shape index (κ2) is 3.45. The van der Waals surface area contributed by atoms with Gasteiger partial charge in [-0.15, -0.1) is 0 Å². The van der Waals surface area contributed by atoms with Crippen LogP contribution < -0.4 is 4.74 Å². The molecule has 4 rings (SSSR count). The summed E-state index contributed by atoms with van der Waals surface area (Å²) in [5.74, 6) is 1.00. The van der Waals surface area contributed by atoms with Crippen LogP contribution in [0.25, 0.3) is 0 Å². The third kappa shape index (κ3) is 1.35. The first-order valence-corrected chi connectivity index (χ1v) is 6.14. The summed E-state index contributed by atoms with van der Waals surface area (Å²) in [6.45, 7) is 5.73. The van der Waals surface area contributed by atoms with Gasteiger partial charge < -0.3 is 9.84 Å². The Morgan fingerprint density at radius 2 is 2.12 bits per heavy atom. The molecule has 5 unspecified atom stereocenters. The minimum absolute atomic E-state index is 0.0215. The van der Waals surface area contributed by atoms with Crippen molar-refractivity contribution >= 4 is 0 Å². The molecule has 3 heteroatoms. The van der Waals surface area contributed by atoms with Crippen molar-refractivity contribution in [1.29, 1.82) is 0 Å². The Kier molecular flexibility index (Phi) is 2.24. The highest BCUT2D eigenvalue weighted by atomic mass is 19.1. The fourth-order valence-electron chi connectivity index (χ4n) is 3.14. The molecule has 1 aromatic carbocycles. The molecule has 0 spiro atoms. The van der Waals surface area contributed by atoms with E-state index >= 15 is 0 Å². The van der Waals surface area contributed by atoms with Crippen LogP contribution in [-0.4, -0.2) is 17.4 Å². The van der Waals surface area contributed by atoms with E-state index in [1.165, 1.54) is 0 Å². The van der Waals surface area contributed by atoms with Crippen molar-refractivity contribution < 1.29 is 14.2 Å². The number of aliphatic hydroxyl groups is 1. The van der Waals surface area contributed by atoms with Crippen LogP contribution in [0.3, 0.4) is 0 Å². The normalized spacial score (nSPS) is 35.6. The average molecular weight is 236 g/mol. The summed E-state index contributed by atoms with van der Waals surface area (Å²) in [6.07, 6.45) is -1.68. The molecule has 1 aromatic rings. The number of benzene rings is 1. The molecular formula is C14H17FO2. The van der Waals surface area contributed by atoms with Gasteiger partial charge in [0.05, 0.1) is 6.10 Å². The number of aryl methyl sites for hydroxylation is 1. The standard InChI is InChI=1S/C14H17FO2/c1-6-4-9(8(3)16)5-10-11(6)12-7(2)14(17-10)13(12)15/h4-5,7-8,12-14,16H,1-3H3. The molecule has 0 radical (unpaired) electrons. The lowest BCUT2D eigenvalue weighted by atomic mass is 9.64. The zero-order valence-electron chi connectivity index (χ0n) is 10.3. The maximum Gasteiger partial charge on any atom is 0.144 e. The molecule has 1 saturated carbocycles. The third-order valence-electron chi connectivity index (χ3n) is 4.19. The van der Waals surface area contributed by atoms with Gasteiger partial charge in [-0.05, 0) is 31.0 Å².